The summed E-state index contributed by atoms with van der Waals surface area (Å²) in [6.45, 7) is 4.43. The fraction of sp³-hybridized carbons (Fsp3) is 0.455. The molecule has 1 aromatic carbocycles. The minimum Gasteiger partial charge on any atom is -0.398 e. The van der Waals surface area contributed by atoms with Crippen molar-refractivity contribution < 1.29 is 0 Å². The van der Waals surface area contributed by atoms with E-state index in [1.807, 2.05) is 30.0 Å². The SMILES string of the molecule is CCC(C)SCc1ccc(Cl)cc1N. The highest BCUT2D eigenvalue weighted by atomic mass is 35.5. The van der Waals surface area contributed by atoms with E-state index >= 15 is 0 Å². The number of rotatable bonds is 4. The van der Waals surface area contributed by atoms with Gasteiger partial charge in [0.1, 0.15) is 0 Å². The molecule has 14 heavy (non-hydrogen) atoms. The Morgan fingerprint density at radius 1 is 1.50 bits per heavy atom. The van der Waals surface area contributed by atoms with Crippen molar-refractivity contribution in [2.75, 3.05) is 5.73 Å². The maximum absolute atomic E-state index is 5.85. The van der Waals surface area contributed by atoms with Gasteiger partial charge in [-0.1, -0.05) is 31.5 Å². The monoisotopic (exact) mass is 229 g/mol. The highest BCUT2D eigenvalue weighted by Crippen LogP contribution is 2.25. The van der Waals surface area contributed by atoms with Crippen molar-refractivity contribution in [2.24, 2.45) is 0 Å². The Morgan fingerprint density at radius 2 is 2.21 bits per heavy atom. The molecule has 0 aliphatic heterocycles. The van der Waals surface area contributed by atoms with Crippen LogP contribution < -0.4 is 5.73 Å². The minimum absolute atomic E-state index is 0.685. The number of halogens is 1. The van der Waals surface area contributed by atoms with Gasteiger partial charge in [-0.25, -0.2) is 0 Å². The van der Waals surface area contributed by atoms with E-state index in [0.717, 1.165) is 11.4 Å². The Balaban J connectivity index is 2.59. The molecule has 1 atom stereocenters. The van der Waals surface area contributed by atoms with Crippen LogP contribution in [0.5, 0.6) is 0 Å². The summed E-state index contributed by atoms with van der Waals surface area (Å²) in [5, 5.41) is 1.39. The first kappa shape index (κ1) is 11.7. The first-order chi connectivity index (χ1) is 6.63. The van der Waals surface area contributed by atoms with Crippen LogP contribution in [0.25, 0.3) is 0 Å². The third-order valence-electron chi connectivity index (χ3n) is 2.21. The Hall–Kier alpha value is -0.340. The molecule has 0 aromatic heterocycles. The van der Waals surface area contributed by atoms with Crippen LogP contribution in [0, 0.1) is 0 Å². The molecule has 1 aromatic rings. The summed E-state index contributed by atoms with van der Waals surface area (Å²) in [5.74, 6) is 0.970. The predicted molar refractivity (Wildman–Crippen MR) is 66.9 cm³/mol. The lowest BCUT2D eigenvalue weighted by atomic mass is 10.2. The van der Waals surface area contributed by atoms with Gasteiger partial charge < -0.3 is 5.73 Å². The Bertz CT molecular complexity index is 301. The normalized spacial score (nSPS) is 12.8. The van der Waals surface area contributed by atoms with Gasteiger partial charge in [0.25, 0.3) is 0 Å². The van der Waals surface area contributed by atoms with E-state index in [4.69, 9.17) is 17.3 Å². The van der Waals surface area contributed by atoms with E-state index in [1.165, 1.54) is 12.0 Å². The van der Waals surface area contributed by atoms with Crippen LogP contribution in [-0.4, -0.2) is 5.25 Å². The van der Waals surface area contributed by atoms with Gasteiger partial charge in [0, 0.05) is 21.7 Å². The van der Waals surface area contributed by atoms with Gasteiger partial charge in [-0.05, 0) is 24.1 Å². The zero-order valence-electron chi connectivity index (χ0n) is 8.59. The molecule has 1 nitrogen and oxygen atoms in total. The maximum atomic E-state index is 5.85. The van der Waals surface area contributed by atoms with E-state index < -0.39 is 0 Å². The molecule has 78 valence electrons. The Labute approximate surface area is 95.0 Å². The zero-order chi connectivity index (χ0) is 10.6. The summed E-state index contributed by atoms with van der Waals surface area (Å²) >= 11 is 7.75. The van der Waals surface area contributed by atoms with Crippen LogP contribution in [0.15, 0.2) is 18.2 Å². The van der Waals surface area contributed by atoms with Crippen LogP contribution in [0.1, 0.15) is 25.8 Å². The number of anilines is 1. The first-order valence-corrected chi connectivity index (χ1v) is 6.21. The summed E-state index contributed by atoms with van der Waals surface area (Å²) in [6.07, 6.45) is 1.19. The van der Waals surface area contributed by atoms with Gasteiger partial charge in [-0.2, -0.15) is 11.8 Å². The molecule has 1 unspecified atom stereocenters. The lowest BCUT2D eigenvalue weighted by Gasteiger charge is -2.09. The lowest BCUT2D eigenvalue weighted by Crippen LogP contribution is -1.97. The Morgan fingerprint density at radius 3 is 2.79 bits per heavy atom. The fourth-order valence-corrected chi connectivity index (χ4v) is 2.19. The average Bonchev–Trinajstić information content (AvgIpc) is 2.16. The van der Waals surface area contributed by atoms with Crippen LogP contribution in [-0.2, 0) is 5.75 Å². The van der Waals surface area contributed by atoms with Crippen LogP contribution in [0.4, 0.5) is 5.69 Å². The molecule has 0 aliphatic rings. The Kier molecular flexibility index (Phi) is 4.63. The van der Waals surface area contributed by atoms with Crippen LogP contribution in [0.3, 0.4) is 0 Å². The molecular weight excluding hydrogens is 214 g/mol. The van der Waals surface area contributed by atoms with Crippen molar-refractivity contribution in [3.63, 3.8) is 0 Å². The molecule has 1 rings (SSSR count). The second kappa shape index (κ2) is 5.52. The van der Waals surface area contributed by atoms with E-state index in [2.05, 4.69) is 13.8 Å². The third-order valence-corrected chi connectivity index (χ3v) is 3.82. The van der Waals surface area contributed by atoms with Crippen molar-refractivity contribution >= 4 is 29.1 Å². The summed E-state index contributed by atoms with van der Waals surface area (Å²) in [6, 6.07) is 5.71. The second-order valence-corrected chi connectivity index (χ2v) is 5.24. The molecular formula is C11H16ClNS. The van der Waals surface area contributed by atoms with Gasteiger partial charge in [-0.3, -0.25) is 0 Å². The molecule has 0 bridgehead atoms. The molecule has 2 N–H and O–H groups in total. The smallest absolute Gasteiger partial charge is 0.0426 e. The average molecular weight is 230 g/mol. The number of nitrogen functional groups attached to an aromatic ring is 1. The molecule has 0 heterocycles. The van der Waals surface area contributed by atoms with Gasteiger partial charge >= 0.3 is 0 Å². The number of benzene rings is 1. The maximum Gasteiger partial charge on any atom is 0.0426 e. The highest BCUT2D eigenvalue weighted by Gasteiger charge is 2.03. The van der Waals surface area contributed by atoms with Gasteiger partial charge in [0.05, 0.1) is 0 Å². The lowest BCUT2D eigenvalue weighted by molar-refractivity contribution is 0.905. The van der Waals surface area contributed by atoms with E-state index in [0.29, 0.717) is 10.3 Å². The zero-order valence-corrected chi connectivity index (χ0v) is 10.2. The summed E-state index contributed by atoms with van der Waals surface area (Å²) in [5.41, 5.74) is 7.83. The number of hydrogen-bond acceptors (Lipinski definition) is 2. The number of thioether (sulfide) groups is 1. The molecule has 3 heteroatoms. The van der Waals surface area contributed by atoms with Crippen molar-refractivity contribution in [1.29, 1.82) is 0 Å². The second-order valence-electron chi connectivity index (χ2n) is 3.37. The summed E-state index contributed by atoms with van der Waals surface area (Å²) < 4.78 is 0. The van der Waals surface area contributed by atoms with Crippen LogP contribution in [0.2, 0.25) is 5.02 Å². The quantitative estimate of drug-likeness (QED) is 0.792. The molecule has 0 saturated carbocycles. The van der Waals surface area contributed by atoms with Crippen molar-refractivity contribution in [3.8, 4) is 0 Å². The third kappa shape index (κ3) is 3.43. The predicted octanol–water partition coefficient (Wildman–Crippen LogP) is 3.95. The van der Waals surface area contributed by atoms with Crippen molar-refractivity contribution in [3.05, 3.63) is 28.8 Å². The molecule has 0 aliphatic carbocycles. The van der Waals surface area contributed by atoms with Gasteiger partial charge in [-0.15, -0.1) is 0 Å². The number of hydrogen-bond donors (Lipinski definition) is 1. The fourth-order valence-electron chi connectivity index (χ4n) is 1.05. The molecule has 0 amide bonds. The van der Waals surface area contributed by atoms with Crippen molar-refractivity contribution in [1.82, 2.24) is 0 Å². The van der Waals surface area contributed by atoms with Crippen LogP contribution >= 0.6 is 23.4 Å². The topological polar surface area (TPSA) is 26.0 Å². The van der Waals surface area contributed by atoms with Gasteiger partial charge in [0.2, 0.25) is 0 Å². The van der Waals surface area contributed by atoms with Crippen molar-refractivity contribution in [2.45, 2.75) is 31.3 Å². The molecule has 0 radical (unpaired) electrons. The summed E-state index contributed by atoms with van der Waals surface area (Å²) in [7, 11) is 0. The molecule has 0 spiro atoms. The standard InChI is InChI=1S/C11H16ClNS/c1-3-8(2)14-7-9-4-5-10(12)6-11(9)13/h4-6,8H,3,7,13H2,1-2H3. The molecule has 0 saturated heterocycles. The molecule has 0 fully saturated rings. The first-order valence-electron chi connectivity index (χ1n) is 4.79. The van der Waals surface area contributed by atoms with E-state index in [9.17, 15) is 0 Å². The summed E-state index contributed by atoms with van der Waals surface area (Å²) in [4.78, 5) is 0. The van der Waals surface area contributed by atoms with E-state index in [-0.39, 0.29) is 0 Å². The number of nitrogens with two attached hydrogens (primary N) is 1. The van der Waals surface area contributed by atoms with Gasteiger partial charge in [0.15, 0.2) is 0 Å². The largest absolute Gasteiger partial charge is 0.398 e. The highest BCUT2D eigenvalue weighted by molar-refractivity contribution is 7.99. The minimum atomic E-state index is 0.685. The van der Waals surface area contributed by atoms with E-state index in [1.54, 1.807) is 0 Å².